The Morgan fingerprint density at radius 1 is 1.24 bits per heavy atom. The van der Waals surface area contributed by atoms with Crippen molar-refractivity contribution in [3.63, 3.8) is 0 Å². The van der Waals surface area contributed by atoms with Gasteiger partial charge in [-0.05, 0) is 11.6 Å². The topological polar surface area (TPSA) is 122 Å². The number of non-ortho nitro benzene ring substituents is 1. The molecule has 2 aromatic carbocycles. The smallest absolute Gasteiger partial charge is 0.307 e. The summed E-state index contributed by atoms with van der Waals surface area (Å²) in [5, 5.41) is 10.9. The maximum absolute atomic E-state index is 12.5. The standard InChI is InChI=1S/C22H19N3O7S/c1-30-21(27)7-8-24-16-12-17-18(32-10-9-31-17)13-19(16)33-22(24)23-20(26)6-5-14-3-2-4-15(11-14)25(28)29/h2-6,11-13H,7-10H2,1H3/b6-5+,23-22?. The third-order valence-corrected chi connectivity index (χ3v) is 5.86. The number of thiazole rings is 1. The third kappa shape index (κ3) is 5.09. The number of nitro benzene ring substituents is 1. The molecule has 0 radical (unpaired) electrons. The molecular weight excluding hydrogens is 450 g/mol. The van der Waals surface area contributed by atoms with Crippen LogP contribution in [0.1, 0.15) is 12.0 Å². The Balaban J connectivity index is 1.69. The van der Waals surface area contributed by atoms with Crippen molar-refractivity contribution in [2.45, 2.75) is 13.0 Å². The highest BCUT2D eigenvalue weighted by molar-refractivity contribution is 7.16. The number of hydrogen-bond donors (Lipinski definition) is 0. The minimum Gasteiger partial charge on any atom is -0.486 e. The van der Waals surface area contributed by atoms with Crippen LogP contribution in [0, 0.1) is 10.1 Å². The average molecular weight is 469 g/mol. The number of hydrogen-bond acceptors (Lipinski definition) is 8. The fourth-order valence-electron chi connectivity index (χ4n) is 3.25. The number of esters is 1. The van der Waals surface area contributed by atoms with Crippen LogP contribution in [-0.4, -0.2) is 41.7 Å². The van der Waals surface area contributed by atoms with Gasteiger partial charge in [-0.15, -0.1) is 0 Å². The second-order valence-electron chi connectivity index (χ2n) is 6.96. The highest BCUT2D eigenvalue weighted by Crippen LogP contribution is 2.35. The lowest BCUT2D eigenvalue weighted by Crippen LogP contribution is -2.19. The SMILES string of the molecule is COC(=O)CCn1c(=NC(=O)/C=C/c2cccc([N+](=O)[O-])c2)sc2cc3c(cc21)OCCO3. The van der Waals surface area contributed by atoms with E-state index in [2.05, 4.69) is 4.99 Å². The Kier molecular flexibility index (Phi) is 6.50. The molecular formula is C22H19N3O7S. The van der Waals surface area contributed by atoms with E-state index in [4.69, 9.17) is 14.2 Å². The van der Waals surface area contributed by atoms with Gasteiger partial charge >= 0.3 is 5.97 Å². The van der Waals surface area contributed by atoms with Crippen LogP contribution in [0.5, 0.6) is 11.5 Å². The van der Waals surface area contributed by atoms with Gasteiger partial charge in [-0.3, -0.25) is 19.7 Å². The highest BCUT2D eigenvalue weighted by atomic mass is 32.1. The minimum absolute atomic E-state index is 0.0694. The van der Waals surface area contributed by atoms with Gasteiger partial charge < -0.3 is 18.8 Å². The molecule has 170 valence electrons. The van der Waals surface area contributed by atoms with Crippen molar-refractivity contribution in [3.05, 3.63) is 63.0 Å². The van der Waals surface area contributed by atoms with Gasteiger partial charge in [-0.25, -0.2) is 0 Å². The molecule has 0 atom stereocenters. The first-order valence-corrected chi connectivity index (χ1v) is 10.8. The van der Waals surface area contributed by atoms with Crippen LogP contribution in [0.2, 0.25) is 0 Å². The number of nitrogens with zero attached hydrogens (tertiary/aromatic N) is 3. The number of carbonyl (C=O) groups excluding carboxylic acids is 2. The lowest BCUT2D eigenvalue weighted by atomic mass is 10.2. The van der Waals surface area contributed by atoms with Crippen molar-refractivity contribution in [1.82, 2.24) is 4.57 Å². The number of benzene rings is 2. The number of amides is 1. The van der Waals surface area contributed by atoms with Gasteiger partial charge in [0.1, 0.15) is 13.2 Å². The Morgan fingerprint density at radius 3 is 2.73 bits per heavy atom. The predicted octanol–water partition coefficient (Wildman–Crippen LogP) is 3.09. The van der Waals surface area contributed by atoms with E-state index in [1.807, 2.05) is 6.07 Å². The molecule has 1 amide bonds. The Bertz CT molecular complexity index is 1340. The molecule has 0 bridgehead atoms. The molecule has 0 aliphatic carbocycles. The van der Waals surface area contributed by atoms with E-state index in [1.165, 1.54) is 48.8 Å². The monoisotopic (exact) mass is 469 g/mol. The van der Waals surface area contributed by atoms with Crippen LogP contribution < -0.4 is 14.3 Å². The summed E-state index contributed by atoms with van der Waals surface area (Å²) in [6, 6.07) is 9.56. The summed E-state index contributed by atoms with van der Waals surface area (Å²) in [4.78, 5) is 39.3. The van der Waals surface area contributed by atoms with E-state index < -0.39 is 10.8 Å². The van der Waals surface area contributed by atoms with Crippen molar-refractivity contribution < 1.29 is 28.7 Å². The zero-order chi connectivity index (χ0) is 23.4. The second-order valence-corrected chi connectivity index (χ2v) is 7.97. The number of nitro groups is 1. The first-order chi connectivity index (χ1) is 15.9. The van der Waals surface area contributed by atoms with Crippen LogP contribution in [0.3, 0.4) is 0 Å². The van der Waals surface area contributed by atoms with Crippen molar-refractivity contribution in [2.24, 2.45) is 4.99 Å². The molecule has 1 aliphatic rings. The molecule has 0 N–H and O–H groups in total. The number of rotatable bonds is 6. The molecule has 0 saturated heterocycles. The first-order valence-electron chi connectivity index (χ1n) is 9.95. The molecule has 1 aromatic heterocycles. The van der Waals surface area contributed by atoms with Crippen molar-refractivity contribution in [2.75, 3.05) is 20.3 Å². The van der Waals surface area contributed by atoms with Crippen LogP contribution in [0.4, 0.5) is 5.69 Å². The van der Waals surface area contributed by atoms with E-state index in [1.54, 1.807) is 16.7 Å². The van der Waals surface area contributed by atoms with Crippen molar-refractivity contribution in [1.29, 1.82) is 0 Å². The summed E-state index contributed by atoms with van der Waals surface area (Å²) in [5.74, 6) is 0.264. The van der Waals surface area contributed by atoms with Crippen LogP contribution in [0.25, 0.3) is 16.3 Å². The maximum atomic E-state index is 12.5. The molecule has 11 heteroatoms. The lowest BCUT2D eigenvalue weighted by Gasteiger charge is -2.18. The maximum Gasteiger partial charge on any atom is 0.307 e. The van der Waals surface area contributed by atoms with Crippen LogP contribution in [-0.2, 0) is 20.9 Å². The second kappa shape index (κ2) is 9.65. The summed E-state index contributed by atoms with van der Waals surface area (Å²) >= 11 is 1.28. The molecule has 0 saturated carbocycles. The zero-order valence-corrected chi connectivity index (χ0v) is 18.4. The Hall–Kier alpha value is -3.99. The summed E-state index contributed by atoms with van der Waals surface area (Å²) in [6.45, 7) is 1.14. The molecule has 0 fully saturated rings. The van der Waals surface area contributed by atoms with Gasteiger partial charge in [0.2, 0.25) is 0 Å². The predicted molar refractivity (Wildman–Crippen MR) is 120 cm³/mol. The zero-order valence-electron chi connectivity index (χ0n) is 17.6. The fourth-order valence-corrected chi connectivity index (χ4v) is 4.33. The number of carbonyl (C=O) groups is 2. The van der Waals surface area contributed by atoms with Gasteiger partial charge in [0, 0.05) is 36.9 Å². The Morgan fingerprint density at radius 2 is 2.00 bits per heavy atom. The summed E-state index contributed by atoms with van der Waals surface area (Å²) < 4.78 is 18.6. The lowest BCUT2D eigenvalue weighted by molar-refractivity contribution is -0.384. The molecule has 0 spiro atoms. The molecule has 3 aromatic rings. The fraction of sp³-hybridized carbons (Fsp3) is 0.227. The molecule has 10 nitrogen and oxygen atoms in total. The summed E-state index contributed by atoms with van der Waals surface area (Å²) in [5.41, 5.74) is 1.19. The van der Waals surface area contributed by atoms with Gasteiger partial charge in [-0.2, -0.15) is 4.99 Å². The first kappa shape index (κ1) is 22.2. The van der Waals surface area contributed by atoms with E-state index in [9.17, 15) is 19.7 Å². The normalized spacial score (nSPS) is 13.4. The quantitative estimate of drug-likeness (QED) is 0.235. The summed E-state index contributed by atoms with van der Waals surface area (Å²) in [6.07, 6.45) is 2.80. The van der Waals surface area contributed by atoms with E-state index >= 15 is 0 Å². The molecule has 2 heterocycles. The highest BCUT2D eigenvalue weighted by Gasteiger charge is 2.17. The number of fused-ring (bicyclic) bond motifs is 2. The van der Waals surface area contributed by atoms with E-state index in [0.717, 1.165) is 10.2 Å². The van der Waals surface area contributed by atoms with Crippen molar-refractivity contribution in [3.8, 4) is 11.5 Å². The van der Waals surface area contributed by atoms with Gasteiger partial charge in [0.25, 0.3) is 11.6 Å². The van der Waals surface area contributed by atoms with Crippen molar-refractivity contribution >= 4 is 45.2 Å². The van der Waals surface area contributed by atoms with Crippen LogP contribution >= 0.6 is 11.3 Å². The molecule has 1 aliphatic heterocycles. The summed E-state index contributed by atoms with van der Waals surface area (Å²) in [7, 11) is 1.31. The third-order valence-electron chi connectivity index (χ3n) is 4.82. The average Bonchev–Trinajstić information content (AvgIpc) is 3.15. The van der Waals surface area contributed by atoms with E-state index in [0.29, 0.717) is 35.1 Å². The van der Waals surface area contributed by atoms with E-state index in [-0.39, 0.29) is 24.6 Å². The largest absolute Gasteiger partial charge is 0.486 e. The number of aryl methyl sites for hydroxylation is 1. The number of ether oxygens (including phenoxy) is 3. The van der Waals surface area contributed by atoms with Gasteiger partial charge in [0.05, 0.1) is 28.7 Å². The Labute approximate surface area is 191 Å². The molecule has 0 unspecified atom stereocenters. The molecule has 4 rings (SSSR count). The van der Waals surface area contributed by atoms with Crippen LogP contribution in [0.15, 0.2) is 47.5 Å². The number of aromatic nitrogens is 1. The molecule has 33 heavy (non-hydrogen) atoms. The van der Waals surface area contributed by atoms with Gasteiger partial charge in [0.15, 0.2) is 16.3 Å². The van der Waals surface area contributed by atoms with Gasteiger partial charge in [-0.1, -0.05) is 23.5 Å². The minimum atomic E-state index is -0.544. The number of methoxy groups -OCH3 is 1.